The van der Waals surface area contributed by atoms with Crippen molar-refractivity contribution in [3.63, 3.8) is 0 Å². The predicted octanol–water partition coefficient (Wildman–Crippen LogP) is 3.03. The molecule has 0 atom stereocenters. The second-order valence-electron chi connectivity index (χ2n) is 4.66. The maximum Gasteiger partial charge on any atom is 0.235 e. The predicted molar refractivity (Wildman–Crippen MR) is 87.1 cm³/mol. The van der Waals surface area contributed by atoms with E-state index in [-0.39, 0.29) is 0 Å². The van der Waals surface area contributed by atoms with Gasteiger partial charge in [0.15, 0.2) is 0 Å². The third kappa shape index (κ3) is 2.60. The van der Waals surface area contributed by atoms with Crippen molar-refractivity contribution in [2.75, 3.05) is 0 Å². The van der Waals surface area contributed by atoms with Gasteiger partial charge < -0.3 is 0 Å². The Morgan fingerprint density at radius 1 is 1.00 bits per heavy atom. The summed E-state index contributed by atoms with van der Waals surface area (Å²) in [5, 5.41) is 4.61. The summed E-state index contributed by atoms with van der Waals surface area (Å²) in [6.07, 6.45) is 0. The Morgan fingerprint density at radius 2 is 1.60 bits per heavy atom. The molecule has 0 saturated heterocycles. The van der Waals surface area contributed by atoms with Crippen LogP contribution in [0, 0.1) is 3.70 Å². The zero-order chi connectivity index (χ0) is 13.9. The van der Waals surface area contributed by atoms with Crippen molar-refractivity contribution in [2.24, 2.45) is 7.05 Å². The molecule has 0 amide bonds. The van der Waals surface area contributed by atoms with Crippen LogP contribution < -0.4 is 4.68 Å². The fourth-order valence-electron chi connectivity index (χ4n) is 2.26. The van der Waals surface area contributed by atoms with E-state index >= 15 is 0 Å². The quantitative estimate of drug-likeness (QED) is 0.509. The van der Waals surface area contributed by atoms with Gasteiger partial charge in [0.2, 0.25) is 9.39 Å². The van der Waals surface area contributed by atoms with E-state index in [1.165, 1.54) is 11.1 Å². The average Bonchev–Trinajstić information content (AvgIpc) is 2.75. The summed E-state index contributed by atoms with van der Waals surface area (Å²) in [6.45, 7) is 0.791. The number of hydrogen-bond acceptors (Lipinski definition) is 1. The second kappa shape index (κ2) is 5.75. The van der Waals surface area contributed by atoms with Crippen molar-refractivity contribution >= 4 is 22.6 Å². The van der Waals surface area contributed by atoms with Gasteiger partial charge >= 0.3 is 0 Å². The smallest absolute Gasteiger partial charge is 0.131 e. The van der Waals surface area contributed by atoms with Crippen LogP contribution in [0.2, 0.25) is 0 Å². The molecule has 0 unspecified atom stereocenters. The lowest BCUT2D eigenvalue weighted by Gasteiger charge is -1.97. The molecular formula is C16H15IN3+. The van der Waals surface area contributed by atoms with Crippen molar-refractivity contribution in [1.82, 2.24) is 9.90 Å². The van der Waals surface area contributed by atoms with Crippen LogP contribution in [0.1, 0.15) is 5.56 Å². The molecule has 20 heavy (non-hydrogen) atoms. The fraction of sp³-hybridized carbons (Fsp3) is 0.125. The molecule has 2 aromatic carbocycles. The van der Waals surface area contributed by atoms with Gasteiger partial charge in [-0.05, 0) is 5.56 Å². The number of hydrogen-bond donors (Lipinski definition) is 0. The van der Waals surface area contributed by atoms with Crippen LogP contribution in [0.3, 0.4) is 0 Å². The number of rotatable bonds is 3. The van der Waals surface area contributed by atoms with Gasteiger partial charge in [-0.15, -0.1) is 9.36 Å². The van der Waals surface area contributed by atoms with E-state index in [0.717, 1.165) is 15.9 Å². The van der Waals surface area contributed by atoms with Crippen molar-refractivity contribution in [3.8, 4) is 11.3 Å². The molecule has 3 aromatic rings. The van der Waals surface area contributed by atoms with Crippen LogP contribution in [-0.2, 0) is 13.6 Å². The SMILES string of the molecule is C[n+]1nn(Cc2ccccc2)c(I)c1-c1ccccc1. The topological polar surface area (TPSA) is 21.7 Å². The highest BCUT2D eigenvalue weighted by Gasteiger charge is 2.22. The summed E-state index contributed by atoms with van der Waals surface area (Å²) in [6, 6.07) is 20.8. The molecule has 0 fully saturated rings. The number of aryl methyl sites for hydroxylation is 1. The van der Waals surface area contributed by atoms with E-state index in [2.05, 4.69) is 76.3 Å². The van der Waals surface area contributed by atoms with Gasteiger partial charge in [0, 0.05) is 28.2 Å². The molecule has 1 aromatic heterocycles. The highest BCUT2D eigenvalue weighted by atomic mass is 127. The van der Waals surface area contributed by atoms with Gasteiger partial charge in [0.1, 0.15) is 13.6 Å². The third-order valence-electron chi connectivity index (χ3n) is 3.21. The van der Waals surface area contributed by atoms with Crippen molar-refractivity contribution in [1.29, 1.82) is 0 Å². The molecule has 3 rings (SSSR count). The molecule has 0 saturated carbocycles. The van der Waals surface area contributed by atoms with Crippen LogP contribution in [0.5, 0.6) is 0 Å². The summed E-state index contributed by atoms with van der Waals surface area (Å²) in [4.78, 5) is 0. The van der Waals surface area contributed by atoms with E-state index in [0.29, 0.717) is 0 Å². The summed E-state index contributed by atoms with van der Waals surface area (Å²) >= 11 is 2.37. The molecule has 0 bridgehead atoms. The standard InChI is InChI=1S/C16H15IN3/c1-19-15(14-10-6-3-7-11-14)16(17)20(18-19)12-13-8-4-2-5-9-13/h2-11H,12H2,1H3/q+1. The first kappa shape index (κ1) is 13.3. The van der Waals surface area contributed by atoms with E-state index < -0.39 is 0 Å². The first-order valence-electron chi connectivity index (χ1n) is 6.47. The maximum atomic E-state index is 4.61. The normalized spacial score (nSPS) is 10.7. The Hall–Kier alpha value is -1.69. The highest BCUT2D eigenvalue weighted by molar-refractivity contribution is 14.1. The first-order chi connectivity index (χ1) is 9.75. The summed E-state index contributed by atoms with van der Waals surface area (Å²) < 4.78 is 5.14. The molecule has 4 heteroatoms. The van der Waals surface area contributed by atoms with Gasteiger partial charge in [0.05, 0.1) is 5.21 Å². The lowest BCUT2D eigenvalue weighted by atomic mass is 10.2. The van der Waals surface area contributed by atoms with Crippen molar-refractivity contribution in [2.45, 2.75) is 6.54 Å². The van der Waals surface area contributed by atoms with Crippen LogP contribution in [0.15, 0.2) is 60.7 Å². The van der Waals surface area contributed by atoms with E-state index in [4.69, 9.17) is 0 Å². The maximum absolute atomic E-state index is 4.61. The van der Waals surface area contributed by atoms with E-state index in [1.807, 2.05) is 28.5 Å². The zero-order valence-electron chi connectivity index (χ0n) is 11.2. The van der Waals surface area contributed by atoms with Crippen LogP contribution in [0.25, 0.3) is 11.3 Å². The van der Waals surface area contributed by atoms with Gasteiger partial charge in [0.25, 0.3) is 0 Å². The number of benzene rings is 2. The Labute approximate surface area is 132 Å². The van der Waals surface area contributed by atoms with Gasteiger partial charge in [-0.1, -0.05) is 60.7 Å². The zero-order valence-corrected chi connectivity index (χ0v) is 13.4. The summed E-state index contributed by atoms with van der Waals surface area (Å²) in [5.41, 5.74) is 3.61. The van der Waals surface area contributed by atoms with Crippen molar-refractivity contribution < 1.29 is 4.68 Å². The van der Waals surface area contributed by atoms with E-state index in [9.17, 15) is 0 Å². The minimum atomic E-state index is 0.791. The summed E-state index contributed by atoms with van der Waals surface area (Å²) in [5.74, 6) is 0. The molecule has 0 aliphatic rings. The number of nitrogens with zero attached hydrogens (tertiary/aromatic N) is 3. The van der Waals surface area contributed by atoms with Gasteiger partial charge in [-0.3, -0.25) is 0 Å². The average molecular weight is 376 g/mol. The van der Waals surface area contributed by atoms with Crippen molar-refractivity contribution in [3.05, 3.63) is 69.9 Å². The molecule has 0 aliphatic carbocycles. The first-order valence-corrected chi connectivity index (χ1v) is 7.55. The summed E-state index contributed by atoms with van der Waals surface area (Å²) in [7, 11) is 1.99. The monoisotopic (exact) mass is 376 g/mol. The molecular weight excluding hydrogens is 361 g/mol. The van der Waals surface area contributed by atoms with E-state index in [1.54, 1.807) is 0 Å². The molecule has 3 nitrogen and oxygen atoms in total. The second-order valence-corrected chi connectivity index (χ2v) is 5.68. The molecule has 1 heterocycles. The molecule has 0 N–H and O–H groups in total. The number of halogens is 1. The molecule has 0 aliphatic heterocycles. The minimum Gasteiger partial charge on any atom is -0.131 e. The Morgan fingerprint density at radius 3 is 2.25 bits per heavy atom. The molecule has 0 spiro atoms. The Kier molecular flexibility index (Phi) is 3.82. The lowest BCUT2D eigenvalue weighted by molar-refractivity contribution is -0.722. The van der Waals surface area contributed by atoms with Crippen LogP contribution in [0.4, 0.5) is 0 Å². The highest BCUT2D eigenvalue weighted by Crippen LogP contribution is 2.21. The number of aromatic nitrogens is 3. The third-order valence-corrected chi connectivity index (χ3v) is 4.28. The van der Waals surface area contributed by atoms with Crippen LogP contribution in [-0.4, -0.2) is 9.90 Å². The largest absolute Gasteiger partial charge is 0.235 e. The fourth-order valence-corrected chi connectivity index (χ4v) is 3.19. The minimum absolute atomic E-state index is 0.791. The van der Waals surface area contributed by atoms with Crippen LogP contribution >= 0.6 is 22.6 Å². The Balaban J connectivity index is 1.99. The van der Waals surface area contributed by atoms with Gasteiger partial charge in [-0.25, -0.2) is 0 Å². The van der Waals surface area contributed by atoms with Gasteiger partial charge in [-0.2, -0.15) is 0 Å². The molecule has 0 radical (unpaired) electrons. The Bertz CT molecular complexity index is 705. The lowest BCUT2D eigenvalue weighted by Crippen LogP contribution is -2.33. The molecule has 100 valence electrons.